The third kappa shape index (κ3) is 3.34. The number of methoxy groups -OCH3 is 1. The average Bonchev–Trinajstić information content (AvgIpc) is 2.16. The lowest BCUT2D eigenvalue weighted by Gasteiger charge is -2.37. The second-order valence-electron chi connectivity index (χ2n) is 4.57. The topological polar surface area (TPSA) is 35.5 Å². The fraction of sp³-hybridized carbons (Fsp3) is 0.750. The van der Waals surface area contributed by atoms with E-state index in [1.54, 1.807) is 14.0 Å². The Morgan fingerprint density at radius 3 is 2.73 bits per heavy atom. The van der Waals surface area contributed by atoms with Crippen LogP contribution in [0.25, 0.3) is 0 Å². The smallest absolute Gasteiger partial charge is 0.333 e. The summed E-state index contributed by atoms with van der Waals surface area (Å²) < 4.78 is 10.8. The zero-order valence-electron chi connectivity index (χ0n) is 9.84. The van der Waals surface area contributed by atoms with Crippen LogP contribution < -0.4 is 0 Å². The molecule has 2 unspecified atom stereocenters. The van der Waals surface area contributed by atoms with Gasteiger partial charge in [0, 0.05) is 19.1 Å². The van der Waals surface area contributed by atoms with E-state index in [1.165, 1.54) is 0 Å². The predicted octanol–water partition coefficient (Wildman–Crippen LogP) is 2.45. The molecular formula is C12H20O3. The first-order valence-electron chi connectivity index (χ1n) is 5.38. The average molecular weight is 212 g/mol. The Labute approximate surface area is 91.4 Å². The summed E-state index contributed by atoms with van der Waals surface area (Å²) in [6, 6.07) is 0. The molecule has 0 spiro atoms. The zero-order chi connectivity index (χ0) is 11.5. The number of carbonyl (C=O) groups excluding carboxylic acids is 1. The Kier molecular flexibility index (Phi) is 3.91. The molecule has 1 rings (SSSR count). The van der Waals surface area contributed by atoms with Gasteiger partial charge in [0.25, 0.3) is 0 Å². The van der Waals surface area contributed by atoms with Gasteiger partial charge in [-0.25, -0.2) is 4.79 Å². The minimum Gasteiger partial charge on any atom is -0.456 e. The Bertz CT molecular complexity index is 260. The fourth-order valence-electron chi connectivity index (χ4n) is 1.99. The van der Waals surface area contributed by atoms with Gasteiger partial charge in [-0.15, -0.1) is 0 Å². The van der Waals surface area contributed by atoms with Crippen molar-refractivity contribution in [2.24, 2.45) is 0 Å². The highest BCUT2D eigenvalue weighted by Gasteiger charge is 2.35. The zero-order valence-corrected chi connectivity index (χ0v) is 9.84. The molecule has 0 aromatic rings. The van der Waals surface area contributed by atoms with E-state index in [4.69, 9.17) is 9.47 Å². The lowest BCUT2D eigenvalue weighted by Crippen LogP contribution is -2.39. The standard InChI is InChI=1S/C12H20O3/c1-9(2)11(13)15-12(3)7-5-6-10(8-12)14-4/h10H,1,5-8H2,2-4H3. The van der Waals surface area contributed by atoms with Crippen LogP contribution in [-0.2, 0) is 14.3 Å². The van der Waals surface area contributed by atoms with Crippen molar-refractivity contribution in [1.82, 2.24) is 0 Å². The molecule has 3 heteroatoms. The number of hydrogen-bond donors (Lipinski definition) is 0. The Morgan fingerprint density at radius 1 is 1.53 bits per heavy atom. The van der Waals surface area contributed by atoms with Crippen LogP contribution in [0, 0.1) is 0 Å². The SMILES string of the molecule is C=C(C)C(=O)OC1(C)CCCC(OC)C1. The van der Waals surface area contributed by atoms with Gasteiger partial charge in [-0.2, -0.15) is 0 Å². The number of hydrogen-bond acceptors (Lipinski definition) is 3. The van der Waals surface area contributed by atoms with E-state index < -0.39 is 0 Å². The highest BCUT2D eigenvalue weighted by molar-refractivity contribution is 5.87. The summed E-state index contributed by atoms with van der Waals surface area (Å²) in [6.07, 6.45) is 3.99. The minimum absolute atomic E-state index is 0.210. The molecule has 0 N–H and O–H groups in total. The Balaban J connectivity index is 2.57. The monoisotopic (exact) mass is 212 g/mol. The molecule has 1 aliphatic rings. The number of carbonyl (C=O) groups is 1. The highest BCUT2D eigenvalue weighted by Crippen LogP contribution is 2.33. The second kappa shape index (κ2) is 4.79. The van der Waals surface area contributed by atoms with Crippen LogP contribution in [0.3, 0.4) is 0 Å². The summed E-state index contributed by atoms with van der Waals surface area (Å²) in [6.45, 7) is 7.23. The molecule has 0 aromatic heterocycles. The summed E-state index contributed by atoms with van der Waals surface area (Å²) >= 11 is 0. The van der Waals surface area contributed by atoms with Gasteiger partial charge >= 0.3 is 5.97 Å². The molecule has 0 bridgehead atoms. The maximum atomic E-state index is 11.4. The van der Waals surface area contributed by atoms with E-state index in [0.717, 1.165) is 25.7 Å². The van der Waals surface area contributed by atoms with E-state index in [9.17, 15) is 4.79 Å². The summed E-state index contributed by atoms with van der Waals surface area (Å²) in [7, 11) is 1.71. The third-order valence-corrected chi connectivity index (χ3v) is 2.91. The number of ether oxygens (including phenoxy) is 2. The van der Waals surface area contributed by atoms with Crippen molar-refractivity contribution in [3.8, 4) is 0 Å². The molecular weight excluding hydrogens is 192 g/mol. The van der Waals surface area contributed by atoms with Gasteiger partial charge in [-0.1, -0.05) is 6.58 Å². The first-order chi connectivity index (χ1) is 6.97. The quantitative estimate of drug-likeness (QED) is 0.532. The van der Waals surface area contributed by atoms with Gasteiger partial charge in [0.15, 0.2) is 0 Å². The van der Waals surface area contributed by atoms with Crippen LogP contribution in [0.5, 0.6) is 0 Å². The molecule has 1 saturated carbocycles. The molecule has 15 heavy (non-hydrogen) atoms. The van der Waals surface area contributed by atoms with Crippen molar-refractivity contribution in [3.05, 3.63) is 12.2 Å². The molecule has 0 aromatic carbocycles. The van der Waals surface area contributed by atoms with Crippen molar-refractivity contribution in [3.63, 3.8) is 0 Å². The molecule has 1 aliphatic carbocycles. The van der Waals surface area contributed by atoms with Crippen LogP contribution in [0.1, 0.15) is 39.5 Å². The van der Waals surface area contributed by atoms with Crippen LogP contribution >= 0.6 is 0 Å². The van der Waals surface area contributed by atoms with Crippen LogP contribution in [0.15, 0.2) is 12.2 Å². The molecule has 0 saturated heterocycles. The van der Waals surface area contributed by atoms with Gasteiger partial charge in [0.2, 0.25) is 0 Å². The second-order valence-corrected chi connectivity index (χ2v) is 4.57. The molecule has 0 amide bonds. The molecule has 0 heterocycles. The van der Waals surface area contributed by atoms with Crippen LogP contribution in [-0.4, -0.2) is 24.8 Å². The maximum absolute atomic E-state index is 11.4. The summed E-state index contributed by atoms with van der Waals surface area (Å²) in [5.41, 5.74) is 0.0744. The van der Waals surface area contributed by atoms with Crippen molar-refractivity contribution >= 4 is 5.97 Å². The van der Waals surface area contributed by atoms with E-state index in [0.29, 0.717) is 5.57 Å². The minimum atomic E-state index is -0.380. The molecule has 0 aliphatic heterocycles. The van der Waals surface area contributed by atoms with Gasteiger partial charge < -0.3 is 9.47 Å². The largest absolute Gasteiger partial charge is 0.456 e. The molecule has 0 radical (unpaired) electrons. The molecule has 1 fully saturated rings. The van der Waals surface area contributed by atoms with Gasteiger partial charge in [0.1, 0.15) is 5.60 Å². The Morgan fingerprint density at radius 2 is 2.20 bits per heavy atom. The molecule has 3 nitrogen and oxygen atoms in total. The van der Waals surface area contributed by atoms with Crippen molar-refractivity contribution in [1.29, 1.82) is 0 Å². The first kappa shape index (κ1) is 12.2. The highest BCUT2D eigenvalue weighted by atomic mass is 16.6. The number of esters is 1. The van der Waals surface area contributed by atoms with E-state index >= 15 is 0 Å². The van der Waals surface area contributed by atoms with E-state index in [1.807, 2.05) is 6.92 Å². The summed E-state index contributed by atoms with van der Waals surface area (Å²) in [5, 5.41) is 0. The fourth-order valence-corrected chi connectivity index (χ4v) is 1.99. The lowest BCUT2D eigenvalue weighted by atomic mass is 9.84. The molecule has 86 valence electrons. The first-order valence-corrected chi connectivity index (χ1v) is 5.38. The van der Waals surface area contributed by atoms with Crippen LogP contribution in [0.4, 0.5) is 0 Å². The van der Waals surface area contributed by atoms with Crippen molar-refractivity contribution < 1.29 is 14.3 Å². The summed E-state index contributed by atoms with van der Waals surface area (Å²) in [5.74, 6) is -0.297. The van der Waals surface area contributed by atoms with E-state index in [-0.39, 0.29) is 17.7 Å². The Hall–Kier alpha value is -0.830. The van der Waals surface area contributed by atoms with Crippen molar-refractivity contribution in [2.45, 2.75) is 51.2 Å². The van der Waals surface area contributed by atoms with Crippen LogP contribution in [0.2, 0.25) is 0 Å². The van der Waals surface area contributed by atoms with E-state index in [2.05, 4.69) is 6.58 Å². The van der Waals surface area contributed by atoms with Crippen molar-refractivity contribution in [2.75, 3.05) is 7.11 Å². The van der Waals surface area contributed by atoms with Gasteiger partial charge in [-0.3, -0.25) is 0 Å². The van der Waals surface area contributed by atoms with Gasteiger partial charge in [-0.05, 0) is 33.1 Å². The predicted molar refractivity (Wildman–Crippen MR) is 58.6 cm³/mol. The lowest BCUT2D eigenvalue weighted by molar-refractivity contribution is -0.160. The third-order valence-electron chi connectivity index (χ3n) is 2.91. The summed E-state index contributed by atoms with van der Waals surface area (Å²) in [4.78, 5) is 11.4. The number of rotatable bonds is 3. The van der Waals surface area contributed by atoms with Gasteiger partial charge in [0.05, 0.1) is 6.10 Å². The molecule has 2 atom stereocenters. The normalized spacial score (nSPS) is 31.0. The maximum Gasteiger partial charge on any atom is 0.333 e.